The average Bonchev–Trinajstić information content (AvgIpc) is 3.18. The van der Waals surface area contributed by atoms with Crippen LogP contribution in [0.2, 0.25) is 0 Å². The van der Waals surface area contributed by atoms with Gasteiger partial charge < -0.3 is 9.26 Å². The second-order valence-corrected chi connectivity index (χ2v) is 6.75. The van der Waals surface area contributed by atoms with Crippen molar-refractivity contribution in [2.45, 2.75) is 64.5 Å². The van der Waals surface area contributed by atoms with Gasteiger partial charge in [-0.05, 0) is 51.6 Å². The van der Waals surface area contributed by atoms with Crippen LogP contribution in [0.5, 0.6) is 0 Å². The lowest BCUT2D eigenvalue weighted by Gasteiger charge is -2.36. The first-order valence-electron chi connectivity index (χ1n) is 8.34. The topological polar surface area (TPSA) is 51.4 Å². The average molecular weight is 293 g/mol. The van der Waals surface area contributed by atoms with Crippen LogP contribution in [0.15, 0.2) is 4.52 Å². The number of aromatic nitrogens is 2. The van der Waals surface area contributed by atoms with E-state index in [4.69, 9.17) is 9.26 Å². The molecule has 118 valence electrons. The first kappa shape index (κ1) is 15.0. The number of piperidine rings is 1. The molecule has 2 fully saturated rings. The molecular formula is C16H27N3O2. The van der Waals surface area contributed by atoms with Gasteiger partial charge in [0, 0.05) is 12.5 Å². The van der Waals surface area contributed by atoms with E-state index in [9.17, 15) is 0 Å². The maximum atomic E-state index is 5.84. The molecule has 3 heterocycles. The molecule has 21 heavy (non-hydrogen) atoms. The van der Waals surface area contributed by atoms with Crippen molar-refractivity contribution in [3.8, 4) is 0 Å². The van der Waals surface area contributed by atoms with Gasteiger partial charge in [-0.1, -0.05) is 19.0 Å². The van der Waals surface area contributed by atoms with Crippen molar-refractivity contribution in [2.24, 2.45) is 5.92 Å². The SMILES string of the molecule is CC(C)c1noc(C(C)N2CCC(C3CCCO3)CC2)n1. The summed E-state index contributed by atoms with van der Waals surface area (Å²) in [6.45, 7) is 9.51. The molecular weight excluding hydrogens is 266 g/mol. The van der Waals surface area contributed by atoms with Gasteiger partial charge in [0.2, 0.25) is 5.89 Å². The summed E-state index contributed by atoms with van der Waals surface area (Å²) in [7, 11) is 0. The lowest BCUT2D eigenvalue weighted by atomic mass is 9.89. The first-order chi connectivity index (χ1) is 10.1. The van der Waals surface area contributed by atoms with Gasteiger partial charge in [0.15, 0.2) is 5.82 Å². The lowest BCUT2D eigenvalue weighted by molar-refractivity contribution is 0.0214. The molecule has 5 nitrogen and oxygen atoms in total. The fourth-order valence-electron chi connectivity index (χ4n) is 3.46. The van der Waals surface area contributed by atoms with Crippen molar-refractivity contribution < 1.29 is 9.26 Å². The molecule has 2 atom stereocenters. The van der Waals surface area contributed by atoms with E-state index in [1.807, 2.05) is 0 Å². The van der Waals surface area contributed by atoms with Gasteiger partial charge in [0.25, 0.3) is 0 Å². The highest BCUT2D eigenvalue weighted by Gasteiger charge is 2.32. The Hall–Kier alpha value is -0.940. The van der Waals surface area contributed by atoms with Gasteiger partial charge >= 0.3 is 0 Å². The highest BCUT2D eigenvalue weighted by molar-refractivity contribution is 4.96. The monoisotopic (exact) mass is 293 g/mol. The van der Waals surface area contributed by atoms with Crippen molar-refractivity contribution in [1.29, 1.82) is 0 Å². The molecule has 2 unspecified atom stereocenters. The predicted octanol–water partition coefficient (Wildman–Crippen LogP) is 3.15. The van der Waals surface area contributed by atoms with Crippen LogP contribution in [0.3, 0.4) is 0 Å². The van der Waals surface area contributed by atoms with Gasteiger partial charge in [-0.25, -0.2) is 0 Å². The summed E-state index contributed by atoms with van der Waals surface area (Å²) in [5, 5.41) is 4.08. The Morgan fingerprint density at radius 3 is 2.48 bits per heavy atom. The third-order valence-electron chi connectivity index (χ3n) is 4.94. The van der Waals surface area contributed by atoms with Crippen LogP contribution in [-0.4, -0.2) is 40.8 Å². The quantitative estimate of drug-likeness (QED) is 0.853. The van der Waals surface area contributed by atoms with E-state index in [0.717, 1.165) is 37.3 Å². The molecule has 0 radical (unpaired) electrons. The van der Waals surface area contributed by atoms with Crippen molar-refractivity contribution in [3.63, 3.8) is 0 Å². The zero-order chi connectivity index (χ0) is 14.8. The number of nitrogens with zero attached hydrogens (tertiary/aromatic N) is 3. The van der Waals surface area contributed by atoms with Crippen LogP contribution in [0, 0.1) is 5.92 Å². The van der Waals surface area contributed by atoms with Crippen LogP contribution in [0.4, 0.5) is 0 Å². The Kier molecular flexibility index (Phi) is 4.60. The predicted molar refractivity (Wildman–Crippen MR) is 80.1 cm³/mol. The molecule has 0 aromatic carbocycles. The molecule has 0 bridgehead atoms. The zero-order valence-electron chi connectivity index (χ0n) is 13.4. The third-order valence-corrected chi connectivity index (χ3v) is 4.94. The third kappa shape index (κ3) is 3.29. The second kappa shape index (κ2) is 6.44. The largest absolute Gasteiger partial charge is 0.378 e. The van der Waals surface area contributed by atoms with E-state index in [1.54, 1.807) is 0 Å². The summed E-state index contributed by atoms with van der Waals surface area (Å²) >= 11 is 0. The van der Waals surface area contributed by atoms with Crippen LogP contribution in [0.1, 0.15) is 70.1 Å². The Morgan fingerprint density at radius 2 is 1.90 bits per heavy atom. The van der Waals surface area contributed by atoms with Crippen LogP contribution < -0.4 is 0 Å². The lowest BCUT2D eigenvalue weighted by Crippen LogP contribution is -2.39. The van der Waals surface area contributed by atoms with Crippen LogP contribution >= 0.6 is 0 Å². The molecule has 2 aliphatic rings. The Labute approximate surface area is 127 Å². The van der Waals surface area contributed by atoms with Crippen molar-refractivity contribution in [3.05, 3.63) is 11.7 Å². The van der Waals surface area contributed by atoms with Gasteiger partial charge in [-0.3, -0.25) is 4.90 Å². The van der Waals surface area contributed by atoms with Gasteiger partial charge in [-0.15, -0.1) is 0 Å². The number of rotatable bonds is 4. The Morgan fingerprint density at radius 1 is 1.14 bits per heavy atom. The molecule has 0 aliphatic carbocycles. The standard InChI is InChI=1S/C16H27N3O2/c1-11(2)15-17-16(21-18-15)12(3)19-8-6-13(7-9-19)14-5-4-10-20-14/h11-14H,4-10H2,1-3H3. The molecule has 2 aliphatic heterocycles. The normalized spacial score (nSPS) is 26.6. The molecule has 0 N–H and O–H groups in total. The van der Waals surface area contributed by atoms with Gasteiger partial charge in [0.05, 0.1) is 12.1 Å². The maximum absolute atomic E-state index is 5.84. The number of ether oxygens (including phenoxy) is 1. The second-order valence-electron chi connectivity index (χ2n) is 6.75. The fourth-order valence-corrected chi connectivity index (χ4v) is 3.46. The summed E-state index contributed by atoms with van der Waals surface area (Å²) in [4.78, 5) is 7.00. The molecule has 1 aromatic heterocycles. The zero-order valence-corrected chi connectivity index (χ0v) is 13.4. The maximum Gasteiger partial charge on any atom is 0.243 e. The molecule has 0 amide bonds. The van der Waals surface area contributed by atoms with Crippen molar-refractivity contribution in [1.82, 2.24) is 15.0 Å². The highest BCUT2D eigenvalue weighted by Crippen LogP contribution is 2.32. The van der Waals surface area contributed by atoms with E-state index >= 15 is 0 Å². The summed E-state index contributed by atoms with van der Waals surface area (Å²) in [6, 6.07) is 0.218. The first-order valence-corrected chi connectivity index (χ1v) is 8.34. The minimum atomic E-state index is 0.218. The van der Waals surface area contributed by atoms with Crippen molar-refractivity contribution >= 4 is 0 Å². The minimum absolute atomic E-state index is 0.218. The number of hydrogen-bond acceptors (Lipinski definition) is 5. The number of likely N-dealkylation sites (tertiary alicyclic amines) is 1. The van der Waals surface area contributed by atoms with Crippen molar-refractivity contribution in [2.75, 3.05) is 19.7 Å². The summed E-state index contributed by atoms with van der Waals surface area (Å²) in [5.74, 6) is 2.63. The fraction of sp³-hybridized carbons (Fsp3) is 0.875. The summed E-state index contributed by atoms with van der Waals surface area (Å²) < 4.78 is 11.3. The van der Waals surface area contributed by atoms with Gasteiger partial charge in [-0.2, -0.15) is 4.98 Å². The van der Waals surface area contributed by atoms with E-state index < -0.39 is 0 Å². The highest BCUT2D eigenvalue weighted by atomic mass is 16.5. The van der Waals surface area contributed by atoms with E-state index in [-0.39, 0.29) is 6.04 Å². The molecule has 2 saturated heterocycles. The summed E-state index contributed by atoms with van der Waals surface area (Å²) in [5.41, 5.74) is 0. The molecule has 0 spiro atoms. The van der Waals surface area contributed by atoms with E-state index in [0.29, 0.717) is 12.0 Å². The van der Waals surface area contributed by atoms with E-state index in [2.05, 4.69) is 35.8 Å². The molecule has 3 rings (SSSR count). The van der Waals surface area contributed by atoms with Crippen LogP contribution in [-0.2, 0) is 4.74 Å². The van der Waals surface area contributed by atoms with Gasteiger partial charge in [0.1, 0.15) is 0 Å². The van der Waals surface area contributed by atoms with E-state index in [1.165, 1.54) is 25.7 Å². The molecule has 1 aromatic rings. The Bertz CT molecular complexity index is 446. The summed E-state index contributed by atoms with van der Waals surface area (Å²) in [6.07, 6.45) is 5.45. The molecule has 0 saturated carbocycles. The smallest absolute Gasteiger partial charge is 0.243 e. The molecule has 5 heteroatoms. The number of hydrogen-bond donors (Lipinski definition) is 0. The van der Waals surface area contributed by atoms with Crippen LogP contribution in [0.25, 0.3) is 0 Å². The Balaban J connectivity index is 1.55. The minimum Gasteiger partial charge on any atom is -0.378 e.